The maximum atomic E-state index is 10.9. The number of ether oxygens (including phenoxy) is 1. The fourth-order valence-electron chi connectivity index (χ4n) is 1.68. The summed E-state index contributed by atoms with van der Waals surface area (Å²) in [6, 6.07) is 0. The van der Waals surface area contributed by atoms with E-state index in [1.807, 2.05) is 0 Å². The van der Waals surface area contributed by atoms with Crippen LogP contribution in [0.1, 0.15) is 26.2 Å². The molecule has 0 aromatic rings. The third-order valence-electron chi connectivity index (χ3n) is 2.58. The zero-order chi connectivity index (χ0) is 12.0. The van der Waals surface area contributed by atoms with Gasteiger partial charge >= 0.3 is 5.97 Å². The van der Waals surface area contributed by atoms with Gasteiger partial charge in [-0.05, 0) is 45.4 Å². The van der Waals surface area contributed by atoms with E-state index >= 15 is 0 Å². The van der Waals surface area contributed by atoms with Gasteiger partial charge in [-0.3, -0.25) is 4.79 Å². The first-order chi connectivity index (χ1) is 7.54. The summed E-state index contributed by atoms with van der Waals surface area (Å²) in [4.78, 5) is 10.9. The van der Waals surface area contributed by atoms with Crippen molar-refractivity contribution >= 4 is 28.6 Å². The van der Waals surface area contributed by atoms with Gasteiger partial charge in [0.05, 0.1) is 0 Å². The minimum absolute atomic E-state index is 0.127. The molecular weight excluding hydrogens is 315 g/mol. The third kappa shape index (κ3) is 4.51. The van der Waals surface area contributed by atoms with E-state index in [-0.39, 0.29) is 11.4 Å². The smallest absolute Gasteiger partial charge is 0.302 e. The molecule has 0 bridgehead atoms. The van der Waals surface area contributed by atoms with E-state index in [1.54, 1.807) is 0 Å². The molecule has 1 aliphatic rings. The van der Waals surface area contributed by atoms with Crippen molar-refractivity contribution in [3.8, 4) is 0 Å². The highest BCUT2D eigenvalue weighted by molar-refractivity contribution is 14.1. The lowest BCUT2D eigenvalue weighted by Gasteiger charge is -2.28. The van der Waals surface area contributed by atoms with Crippen LogP contribution in [0.15, 0.2) is 34.5 Å². The van der Waals surface area contributed by atoms with Crippen LogP contribution >= 0.6 is 22.6 Å². The van der Waals surface area contributed by atoms with Crippen LogP contribution in [-0.4, -0.2) is 12.6 Å². The SMILES string of the molecule is C=C(I)CCC1(COC(C)=O)C=CCC=C1. The standard InChI is InChI=1S/C13H17IO2/c1-11(14)6-9-13(10-16-12(2)15)7-4-3-5-8-13/h4-5,7-8H,1,3,6,9-10H2,2H3. The molecule has 0 amide bonds. The van der Waals surface area contributed by atoms with Crippen LogP contribution in [0.2, 0.25) is 0 Å². The van der Waals surface area contributed by atoms with Gasteiger partial charge in [0.25, 0.3) is 0 Å². The summed E-state index contributed by atoms with van der Waals surface area (Å²) < 4.78 is 6.28. The molecule has 0 saturated heterocycles. The number of hydrogen-bond donors (Lipinski definition) is 0. The van der Waals surface area contributed by atoms with Crippen molar-refractivity contribution in [3.05, 3.63) is 34.5 Å². The molecule has 88 valence electrons. The van der Waals surface area contributed by atoms with Gasteiger partial charge in [0, 0.05) is 12.3 Å². The van der Waals surface area contributed by atoms with Gasteiger partial charge in [-0.15, -0.1) is 0 Å². The second-order valence-corrected chi connectivity index (χ2v) is 5.60. The summed E-state index contributed by atoms with van der Waals surface area (Å²) in [6.07, 6.45) is 11.4. The number of halogens is 1. The molecule has 0 spiro atoms. The van der Waals surface area contributed by atoms with Crippen molar-refractivity contribution < 1.29 is 9.53 Å². The summed E-state index contributed by atoms with van der Waals surface area (Å²) >= 11 is 2.24. The van der Waals surface area contributed by atoms with Crippen LogP contribution in [-0.2, 0) is 9.53 Å². The summed E-state index contributed by atoms with van der Waals surface area (Å²) in [5.41, 5.74) is -0.127. The lowest BCUT2D eigenvalue weighted by molar-refractivity contribution is -0.143. The van der Waals surface area contributed by atoms with Gasteiger partial charge < -0.3 is 4.74 Å². The van der Waals surface area contributed by atoms with Crippen LogP contribution in [0.3, 0.4) is 0 Å². The van der Waals surface area contributed by atoms with E-state index in [9.17, 15) is 4.79 Å². The highest BCUT2D eigenvalue weighted by atomic mass is 127. The Morgan fingerprint density at radius 2 is 2.12 bits per heavy atom. The van der Waals surface area contributed by atoms with Crippen LogP contribution in [0.5, 0.6) is 0 Å². The monoisotopic (exact) mass is 332 g/mol. The number of allylic oxidation sites excluding steroid dienone is 3. The van der Waals surface area contributed by atoms with Crippen LogP contribution in [0.25, 0.3) is 0 Å². The van der Waals surface area contributed by atoms with Gasteiger partial charge in [-0.25, -0.2) is 0 Å². The Hall–Kier alpha value is -0.580. The van der Waals surface area contributed by atoms with Crippen molar-refractivity contribution in [2.24, 2.45) is 5.41 Å². The topological polar surface area (TPSA) is 26.3 Å². The summed E-state index contributed by atoms with van der Waals surface area (Å²) in [5, 5.41) is 0. The summed E-state index contributed by atoms with van der Waals surface area (Å²) in [5.74, 6) is -0.222. The Bertz CT molecular complexity index is 297. The lowest BCUT2D eigenvalue weighted by atomic mass is 9.81. The first kappa shape index (κ1) is 13.5. The van der Waals surface area contributed by atoms with Crippen molar-refractivity contribution in [3.63, 3.8) is 0 Å². The fraction of sp³-hybridized carbons (Fsp3) is 0.462. The Morgan fingerprint density at radius 3 is 2.62 bits per heavy atom. The quantitative estimate of drug-likeness (QED) is 0.435. The molecule has 0 aliphatic heterocycles. The molecule has 0 aromatic heterocycles. The van der Waals surface area contributed by atoms with Gasteiger partial charge in [-0.2, -0.15) is 0 Å². The third-order valence-corrected chi connectivity index (χ3v) is 3.12. The fourth-order valence-corrected chi connectivity index (χ4v) is 1.95. The first-order valence-corrected chi connectivity index (χ1v) is 6.44. The molecule has 0 radical (unpaired) electrons. The van der Waals surface area contributed by atoms with Gasteiger partial charge in [0.2, 0.25) is 0 Å². The van der Waals surface area contributed by atoms with E-state index in [0.717, 1.165) is 22.8 Å². The predicted molar refractivity (Wildman–Crippen MR) is 74.4 cm³/mol. The van der Waals surface area contributed by atoms with E-state index in [2.05, 4.69) is 53.5 Å². The molecular formula is C13H17IO2. The highest BCUT2D eigenvalue weighted by Crippen LogP contribution is 2.33. The summed E-state index contributed by atoms with van der Waals surface area (Å²) in [6.45, 7) is 5.77. The molecule has 16 heavy (non-hydrogen) atoms. The molecule has 0 aromatic carbocycles. The van der Waals surface area contributed by atoms with Crippen molar-refractivity contribution in [1.29, 1.82) is 0 Å². The molecule has 0 unspecified atom stereocenters. The maximum absolute atomic E-state index is 10.9. The number of rotatable bonds is 5. The van der Waals surface area contributed by atoms with E-state index in [1.165, 1.54) is 6.92 Å². The number of esters is 1. The average molecular weight is 332 g/mol. The molecule has 2 nitrogen and oxygen atoms in total. The number of carbonyl (C=O) groups is 1. The average Bonchev–Trinajstić information content (AvgIpc) is 2.25. The Balaban J connectivity index is 2.64. The largest absolute Gasteiger partial charge is 0.465 e. The Kier molecular flexibility index (Phi) is 5.25. The molecule has 0 fully saturated rings. The van der Waals surface area contributed by atoms with Crippen molar-refractivity contribution in [2.45, 2.75) is 26.2 Å². The van der Waals surface area contributed by atoms with E-state index < -0.39 is 0 Å². The molecule has 0 atom stereocenters. The molecule has 0 heterocycles. The second kappa shape index (κ2) is 6.23. The number of hydrogen-bond acceptors (Lipinski definition) is 2. The second-order valence-electron chi connectivity index (χ2n) is 4.07. The van der Waals surface area contributed by atoms with Crippen molar-refractivity contribution in [2.75, 3.05) is 6.61 Å². The Morgan fingerprint density at radius 1 is 1.50 bits per heavy atom. The minimum Gasteiger partial charge on any atom is -0.465 e. The van der Waals surface area contributed by atoms with Crippen LogP contribution in [0.4, 0.5) is 0 Å². The minimum atomic E-state index is -0.222. The van der Waals surface area contributed by atoms with Crippen molar-refractivity contribution in [1.82, 2.24) is 0 Å². The summed E-state index contributed by atoms with van der Waals surface area (Å²) in [7, 11) is 0. The van der Waals surface area contributed by atoms with Crippen LogP contribution < -0.4 is 0 Å². The molecule has 1 rings (SSSR count). The maximum Gasteiger partial charge on any atom is 0.302 e. The molecule has 1 aliphatic carbocycles. The lowest BCUT2D eigenvalue weighted by Crippen LogP contribution is -2.25. The molecule has 0 N–H and O–H groups in total. The van der Waals surface area contributed by atoms with Gasteiger partial charge in [0.15, 0.2) is 0 Å². The zero-order valence-corrected chi connectivity index (χ0v) is 11.7. The van der Waals surface area contributed by atoms with E-state index in [4.69, 9.17) is 4.74 Å². The predicted octanol–water partition coefficient (Wildman–Crippen LogP) is 3.78. The van der Waals surface area contributed by atoms with Gasteiger partial charge in [-0.1, -0.05) is 30.9 Å². The van der Waals surface area contributed by atoms with Gasteiger partial charge in [0.1, 0.15) is 6.61 Å². The first-order valence-electron chi connectivity index (χ1n) is 5.36. The Labute approximate surface area is 111 Å². The molecule has 0 saturated carbocycles. The highest BCUT2D eigenvalue weighted by Gasteiger charge is 2.26. The number of carbonyl (C=O) groups excluding carboxylic acids is 1. The molecule has 3 heteroatoms. The normalized spacial score (nSPS) is 17.1. The zero-order valence-electron chi connectivity index (χ0n) is 9.54. The van der Waals surface area contributed by atoms with Crippen LogP contribution in [0, 0.1) is 5.41 Å². The van der Waals surface area contributed by atoms with E-state index in [0.29, 0.717) is 6.61 Å².